The number of aromatic nitrogens is 2. The Kier molecular flexibility index (Phi) is 9.45. The third-order valence-electron chi connectivity index (χ3n) is 7.32. The number of allylic oxidation sites excluding steroid dienone is 1. The van der Waals surface area contributed by atoms with Crippen LogP contribution in [0.15, 0.2) is 28.1 Å². The molecule has 2 unspecified atom stereocenters. The number of carbonyl (C=O) groups is 5. The summed E-state index contributed by atoms with van der Waals surface area (Å²) in [4.78, 5) is 82.9. The van der Waals surface area contributed by atoms with Crippen LogP contribution in [0.5, 0.6) is 0 Å². The van der Waals surface area contributed by atoms with Gasteiger partial charge in [0.15, 0.2) is 11.0 Å². The average molecular weight is 651 g/mol. The minimum atomic E-state index is -1.63. The third kappa shape index (κ3) is 6.25. The molecule has 0 bridgehead atoms. The van der Waals surface area contributed by atoms with Crippen molar-refractivity contribution in [3.05, 3.63) is 33.7 Å². The van der Waals surface area contributed by atoms with Gasteiger partial charge in [0.25, 0.3) is 11.8 Å². The Labute approximate surface area is 259 Å². The van der Waals surface area contributed by atoms with Crippen LogP contribution in [0.25, 0.3) is 0 Å². The van der Waals surface area contributed by atoms with E-state index < -0.39 is 47.7 Å². The molecular formula is C25H30N8O9S2. The first-order valence-electron chi connectivity index (χ1n) is 13.8. The van der Waals surface area contributed by atoms with Crippen molar-refractivity contribution in [2.24, 2.45) is 5.18 Å². The van der Waals surface area contributed by atoms with Crippen LogP contribution in [0, 0.1) is 4.91 Å². The van der Waals surface area contributed by atoms with Crippen LogP contribution in [0.2, 0.25) is 0 Å². The van der Waals surface area contributed by atoms with Gasteiger partial charge in [0.1, 0.15) is 17.1 Å². The zero-order valence-corrected chi connectivity index (χ0v) is 25.4. The highest BCUT2D eigenvalue weighted by molar-refractivity contribution is 8.00. The van der Waals surface area contributed by atoms with Crippen molar-refractivity contribution in [2.75, 3.05) is 37.7 Å². The zero-order valence-electron chi connectivity index (χ0n) is 23.7. The van der Waals surface area contributed by atoms with Gasteiger partial charge >= 0.3 is 12.1 Å². The lowest BCUT2D eigenvalue weighted by Crippen LogP contribution is -2.70. The summed E-state index contributed by atoms with van der Waals surface area (Å²) in [6.45, 7) is 5.00. The van der Waals surface area contributed by atoms with E-state index in [1.165, 1.54) is 18.7 Å². The maximum absolute atomic E-state index is 13.5. The molecule has 5 rings (SSSR count). The van der Waals surface area contributed by atoms with Crippen molar-refractivity contribution in [3.8, 4) is 0 Å². The molecule has 1 aromatic rings. The molecule has 3 saturated heterocycles. The van der Waals surface area contributed by atoms with Crippen molar-refractivity contribution in [1.29, 1.82) is 0 Å². The maximum Gasteiger partial charge on any atom is 0.511 e. The number of carbonyl (C=O) groups excluding carboxylic acids is 5. The number of likely N-dealkylation sites (tertiary alicyclic amines) is 1. The Morgan fingerprint density at radius 2 is 2.09 bits per heavy atom. The number of nitrogens with one attached hydrogen (secondary N) is 2. The number of amides is 3. The van der Waals surface area contributed by atoms with Crippen molar-refractivity contribution >= 4 is 58.3 Å². The summed E-state index contributed by atoms with van der Waals surface area (Å²) >= 11 is 2.03. The van der Waals surface area contributed by atoms with Crippen LogP contribution < -0.4 is 16.4 Å². The Morgan fingerprint density at radius 3 is 2.75 bits per heavy atom. The van der Waals surface area contributed by atoms with Gasteiger partial charge in [-0.3, -0.25) is 19.3 Å². The number of nitrogen functional groups attached to an aromatic ring is 1. The second-order valence-corrected chi connectivity index (χ2v) is 12.0. The number of nitrogens with two attached hydrogens (primary N) is 1. The molecule has 4 aliphatic heterocycles. The van der Waals surface area contributed by atoms with Crippen molar-refractivity contribution in [3.63, 3.8) is 0 Å². The third-order valence-corrected chi connectivity index (χ3v) is 9.18. The highest BCUT2D eigenvalue weighted by Crippen LogP contribution is 2.42. The monoisotopic (exact) mass is 650 g/mol. The normalized spacial score (nSPS) is 25.3. The lowest BCUT2D eigenvalue weighted by atomic mass is 10.0. The number of β-lactam (4-membered cyclic amide) rings is 1. The molecule has 3 amide bonds. The second-order valence-electron chi connectivity index (χ2n) is 10.1. The summed E-state index contributed by atoms with van der Waals surface area (Å²) in [5, 5.41) is 7.81. The minimum absolute atomic E-state index is 0.0371. The van der Waals surface area contributed by atoms with Crippen LogP contribution >= 0.6 is 23.3 Å². The Bertz CT molecular complexity index is 1430. The molecular weight excluding hydrogens is 620 g/mol. The van der Waals surface area contributed by atoms with Gasteiger partial charge in [-0.1, -0.05) is 0 Å². The largest absolute Gasteiger partial charge is 0.511 e. The molecule has 17 nitrogen and oxygen atoms in total. The Balaban J connectivity index is 1.38. The molecule has 0 aromatic carbocycles. The van der Waals surface area contributed by atoms with Gasteiger partial charge in [-0.25, -0.2) is 14.6 Å². The highest BCUT2D eigenvalue weighted by Gasteiger charge is 2.55. The van der Waals surface area contributed by atoms with E-state index in [1.54, 1.807) is 17.9 Å². The topological polar surface area (TPSA) is 225 Å². The summed E-state index contributed by atoms with van der Waals surface area (Å²) in [6.07, 6.45) is 0.498. The summed E-state index contributed by atoms with van der Waals surface area (Å²) < 4.78 is 18.8. The van der Waals surface area contributed by atoms with E-state index in [9.17, 15) is 28.9 Å². The molecule has 0 saturated carbocycles. The van der Waals surface area contributed by atoms with Gasteiger partial charge in [0.2, 0.25) is 18.2 Å². The van der Waals surface area contributed by atoms with Gasteiger partial charge in [0, 0.05) is 48.9 Å². The summed E-state index contributed by atoms with van der Waals surface area (Å²) in [7, 11) is 0. The number of hydrogen-bond acceptors (Lipinski definition) is 16. The van der Waals surface area contributed by atoms with E-state index in [1.807, 2.05) is 0 Å². The molecule has 0 spiro atoms. The number of nitroso groups, excluding NO2 is 1. The zero-order chi connectivity index (χ0) is 31.5. The average Bonchev–Trinajstić information content (AvgIpc) is 3.74. The van der Waals surface area contributed by atoms with Gasteiger partial charge in [-0.2, -0.15) is 4.37 Å². The predicted molar refractivity (Wildman–Crippen MR) is 154 cm³/mol. The van der Waals surface area contributed by atoms with Crippen molar-refractivity contribution in [1.82, 2.24) is 29.8 Å². The molecule has 1 aromatic heterocycles. The Hall–Kier alpha value is -4.10. The van der Waals surface area contributed by atoms with Crippen LogP contribution in [0.4, 0.5) is 9.93 Å². The smallest absolute Gasteiger partial charge is 0.435 e. The number of esters is 1. The number of fused-ring (bicyclic) bond motifs is 1. The van der Waals surface area contributed by atoms with E-state index >= 15 is 0 Å². The quantitative estimate of drug-likeness (QED) is 0.101. The number of hydrogen-bond donors (Lipinski definition) is 3. The molecule has 0 aliphatic carbocycles. The van der Waals surface area contributed by atoms with E-state index in [4.69, 9.17) is 19.9 Å². The molecule has 5 atom stereocenters. The first-order chi connectivity index (χ1) is 21.1. The van der Waals surface area contributed by atoms with Gasteiger partial charge in [-0.05, 0) is 43.1 Å². The van der Waals surface area contributed by atoms with Gasteiger partial charge in [0.05, 0.1) is 6.61 Å². The number of anilines is 1. The predicted octanol–water partition coefficient (Wildman–Crippen LogP) is 0.165. The van der Waals surface area contributed by atoms with Crippen molar-refractivity contribution in [2.45, 2.75) is 56.5 Å². The fraction of sp³-hybridized carbons (Fsp3) is 0.560. The number of thioether (sulfide) groups is 1. The first kappa shape index (κ1) is 31.3. The maximum atomic E-state index is 13.5. The van der Waals surface area contributed by atoms with E-state index in [0.717, 1.165) is 29.4 Å². The van der Waals surface area contributed by atoms with Crippen LogP contribution in [0.3, 0.4) is 0 Å². The summed E-state index contributed by atoms with van der Waals surface area (Å²) in [5.41, 5.74) is 6.25. The molecule has 19 heteroatoms. The fourth-order valence-corrected chi connectivity index (χ4v) is 7.06. The first-order valence-corrected chi connectivity index (χ1v) is 15.6. The lowest BCUT2D eigenvalue weighted by molar-refractivity contribution is -0.169. The van der Waals surface area contributed by atoms with Gasteiger partial charge in [-0.15, -0.1) is 16.7 Å². The number of ether oxygens (including phenoxy) is 3. The molecule has 236 valence electrons. The molecule has 0 radical (unpaired) electrons. The lowest BCUT2D eigenvalue weighted by Gasteiger charge is -2.49. The van der Waals surface area contributed by atoms with Crippen LogP contribution in [0.1, 0.15) is 38.6 Å². The minimum Gasteiger partial charge on any atom is -0.435 e. The summed E-state index contributed by atoms with van der Waals surface area (Å²) in [6, 6.07) is -2.66. The molecule has 3 fully saturated rings. The fourth-order valence-electron chi connectivity index (χ4n) is 5.30. The van der Waals surface area contributed by atoms with Crippen LogP contribution in [-0.2, 0) is 33.4 Å². The Morgan fingerprint density at radius 1 is 1.30 bits per heavy atom. The van der Waals surface area contributed by atoms with E-state index in [0.29, 0.717) is 30.7 Å². The number of nitrogens with zero attached hydrogens (tertiary/aromatic N) is 5. The standard InChI is InChI=1S/C25H30N8O9S2/c1-3-40-25(38)42-11(2)41-23(37)17-13(8-12-5-7-32(20(12)35)14-4-6-27-9-14)10-43-22-16(21(36)33(17)22)28-19(34)15(30-39)18-29-24(26)44-31-18/h8,11,14-16,22,27H,3-7,9-10H2,1-2H3,(H,28,34)(H2,26,29,31)/t11?,14-,15?,16-,22-/m1/s1. The number of rotatable bonds is 10. The highest BCUT2D eigenvalue weighted by atomic mass is 32.2. The van der Waals surface area contributed by atoms with E-state index in [-0.39, 0.29) is 41.0 Å². The van der Waals surface area contributed by atoms with Gasteiger partial charge < -0.3 is 35.5 Å². The molecule has 4 N–H and O–H groups in total. The van der Waals surface area contributed by atoms with Crippen LogP contribution in [-0.4, -0.2) is 105 Å². The molecule has 4 aliphatic rings. The molecule has 5 heterocycles. The van der Waals surface area contributed by atoms with E-state index in [2.05, 4.69) is 25.2 Å². The molecule has 44 heavy (non-hydrogen) atoms. The summed E-state index contributed by atoms with van der Waals surface area (Å²) in [5.74, 6) is -2.71. The SMILES string of the molecule is CCOC(=O)OC(C)OC(=O)C1=C(C=C2CCN([C@@H]3CCNC3)C2=O)CS[C@@H]2[C@H](NC(=O)C(N=O)c3nsc(N)n3)C(=O)N12. The van der Waals surface area contributed by atoms with Crippen molar-refractivity contribution < 1.29 is 38.2 Å². The second kappa shape index (κ2) is 13.3.